The molecule has 1 amide bonds. The molecule has 1 unspecified atom stereocenters. The number of aliphatic hydroxyl groups excluding tert-OH is 1. The van der Waals surface area contributed by atoms with Crippen LogP contribution in [0.15, 0.2) is 42.7 Å². The predicted molar refractivity (Wildman–Crippen MR) is 140 cm³/mol. The van der Waals surface area contributed by atoms with Gasteiger partial charge in [0.15, 0.2) is 10.1 Å². The minimum absolute atomic E-state index is 0.0629. The molecule has 1 saturated carbocycles. The number of carbonyl (C=O) groups is 1. The van der Waals surface area contributed by atoms with Crippen molar-refractivity contribution in [2.45, 2.75) is 44.6 Å². The number of nitrogens with one attached hydrogen (secondary N) is 2. The first-order valence-electron chi connectivity index (χ1n) is 12.6. The second-order valence-corrected chi connectivity index (χ2v) is 12.6. The van der Waals surface area contributed by atoms with Gasteiger partial charge in [0.2, 0.25) is 0 Å². The average molecular weight is 547 g/mol. The van der Waals surface area contributed by atoms with E-state index in [1.807, 2.05) is 11.8 Å². The van der Waals surface area contributed by atoms with Crippen LogP contribution in [-0.2, 0) is 15.6 Å². The lowest BCUT2D eigenvalue weighted by molar-refractivity contribution is 0.0314. The van der Waals surface area contributed by atoms with Crippen molar-refractivity contribution in [1.29, 1.82) is 4.78 Å². The van der Waals surface area contributed by atoms with E-state index in [0.29, 0.717) is 24.2 Å². The van der Waals surface area contributed by atoms with Gasteiger partial charge < -0.3 is 10.0 Å². The Bertz CT molecular complexity index is 1480. The van der Waals surface area contributed by atoms with Crippen LogP contribution >= 0.6 is 0 Å². The van der Waals surface area contributed by atoms with Gasteiger partial charge in [-0.2, -0.15) is 5.10 Å². The Labute approximate surface area is 220 Å². The molecule has 12 heteroatoms. The molecule has 3 aromatic rings. The molecule has 2 aliphatic rings. The number of anilines is 1. The Kier molecular flexibility index (Phi) is 6.69. The minimum Gasteiger partial charge on any atom is -0.396 e. The van der Waals surface area contributed by atoms with Crippen LogP contribution in [0.2, 0.25) is 0 Å². The summed E-state index contributed by atoms with van der Waals surface area (Å²) in [5, 5.41) is 14.0. The quantitative estimate of drug-likeness (QED) is 0.398. The van der Waals surface area contributed by atoms with Crippen LogP contribution in [-0.4, -0.2) is 55.9 Å². The number of hydrogen-bond donors (Lipinski definition) is 3. The highest BCUT2D eigenvalue weighted by Crippen LogP contribution is 2.43. The minimum atomic E-state index is -3.66. The summed E-state index contributed by atoms with van der Waals surface area (Å²) in [6.07, 6.45) is 6.94. The molecule has 38 heavy (non-hydrogen) atoms. The first kappa shape index (κ1) is 26.5. The summed E-state index contributed by atoms with van der Waals surface area (Å²) >= 11 is 0. The monoisotopic (exact) mass is 546 g/mol. The van der Waals surface area contributed by atoms with Gasteiger partial charge in [0.25, 0.3) is 5.91 Å². The fourth-order valence-corrected chi connectivity index (χ4v) is 6.72. The third-order valence-electron chi connectivity index (χ3n) is 8.19. The number of carbonyl (C=O) groups excluding carboxylic acids is 1. The van der Waals surface area contributed by atoms with Crippen molar-refractivity contribution in [3.63, 3.8) is 0 Å². The predicted octanol–water partition coefficient (Wildman–Crippen LogP) is 3.83. The maximum atomic E-state index is 14.8. The normalized spacial score (nSPS) is 22.4. The zero-order chi connectivity index (χ0) is 27.3. The number of halogens is 2. The second kappa shape index (κ2) is 9.58. The molecule has 1 aliphatic carbocycles. The highest BCUT2D eigenvalue weighted by molar-refractivity contribution is 7.88. The molecule has 9 nitrogen and oxygen atoms in total. The van der Waals surface area contributed by atoms with E-state index in [9.17, 15) is 22.9 Å². The van der Waals surface area contributed by atoms with E-state index in [1.54, 1.807) is 18.3 Å². The van der Waals surface area contributed by atoms with Crippen LogP contribution in [0.1, 0.15) is 54.9 Å². The Morgan fingerprint density at radius 3 is 2.68 bits per heavy atom. The number of nitrogens with zero attached hydrogens (tertiary/aromatic N) is 4. The lowest BCUT2D eigenvalue weighted by Crippen LogP contribution is -2.49. The highest BCUT2D eigenvalue weighted by Gasteiger charge is 2.41. The molecule has 0 radical (unpaired) electrons. The Hall–Kier alpha value is -3.09. The second-order valence-electron chi connectivity index (χ2n) is 10.7. The molecule has 1 saturated heterocycles. The molecule has 2 atom stereocenters. The summed E-state index contributed by atoms with van der Waals surface area (Å²) in [6, 6.07) is 7.01. The maximum absolute atomic E-state index is 14.8. The standard InChI is InChI=1S/C26H32F2N6O3S/c1-25(21-13-18(27)5-6-22(21)28)8-4-11-33(25)19-7-12-34-23(14-19)20(15-30-34)24(36)31-38(29,37)32(2)16-26(17-35)9-3-10-26/h5-7,12-15,35H,3-4,8-11,16-17H2,1-2H3,(H2,29,31,36,37)/t25-,38?/m0/s1. The molecule has 1 aromatic carbocycles. The van der Waals surface area contributed by atoms with Crippen molar-refractivity contribution in [3.8, 4) is 0 Å². The molecular weight excluding hydrogens is 514 g/mol. The molecule has 204 valence electrons. The van der Waals surface area contributed by atoms with Crippen molar-refractivity contribution < 1.29 is 22.9 Å². The average Bonchev–Trinajstić information content (AvgIpc) is 3.46. The van der Waals surface area contributed by atoms with Gasteiger partial charge in [-0.25, -0.2) is 26.6 Å². The van der Waals surface area contributed by atoms with E-state index in [2.05, 4.69) is 9.82 Å². The van der Waals surface area contributed by atoms with Crippen LogP contribution in [0, 0.1) is 21.8 Å². The fourth-order valence-electron chi connectivity index (χ4n) is 5.74. The SMILES string of the molecule is CN(CC1(CO)CCC1)S(=N)(=O)NC(=O)c1cnn2ccc(N3CCC[C@@]3(C)c3cc(F)ccc3F)cc12. The lowest BCUT2D eigenvalue weighted by Gasteiger charge is -2.42. The molecule has 2 aromatic heterocycles. The molecule has 5 rings (SSSR count). The summed E-state index contributed by atoms with van der Waals surface area (Å²) < 4.78 is 55.4. The number of rotatable bonds is 8. The molecular formula is C26H32F2N6O3S. The smallest absolute Gasteiger partial charge is 0.268 e. The molecule has 0 bridgehead atoms. The number of pyridine rings is 1. The van der Waals surface area contributed by atoms with Crippen molar-refractivity contribution in [3.05, 3.63) is 65.5 Å². The third kappa shape index (κ3) is 4.54. The van der Waals surface area contributed by atoms with Gasteiger partial charge in [-0.15, -0.1) is 0 Å². The van der Waals surface area contributed by atoms with E-state index >= 15 is 0 Å². The molecule has 3 heterocycles. The summed E-state index contributed by atoms with van der Waals surface area (Å²) in [6.45, 7) is 2.65. The number of amides is 1. The third-order valence-corrected chi connectivity index (χ3v) is 9.66. The van der Waals surface area contributed by atoms with Crippen LogP contribution in [0.4, 0.5) is 14.5 Å². The van der Waals surface area contributed by atoms with Gasteiger partial charge in [-0.3, -0.25) is 9.52 Å². The van der Waals surface area contributed by atoms with Gasteiger partial charge >= 0.3 is 0 Å². The Morgan fingerprint density at radius 1 is 1.24 bits per heavy atom. The van der Waals surface area contributed by atoms with Gasteiger partial charge in [-0.05, 0) is 62.9 Å². The molecule has 0 spiro atoms. The summed E-state index contributed by atoms with van der Waals surface area (Å²) in [5.41, 5.74) is 0.345. The number of aromatic nitrogens is 2. The number of fused-ring (bicyclic) bond motifs is 1. The van der Waals surface area contributed by atoms with Gasteiger partial charge in [0.05, 0.1) is 22.8 Å². The zero-order valence-corrected chi connectivity index (χ0v) is 22.2. The Balaban J connectivity index is 1.42. The first-order valence-corrected chi connectivity index (χ1v) is 14.1. The maximum Gasteiger partial charge on any atom is 0.268 e. The van der Waals surface area contributed by atoms with Crippen molar-refractivity contribution in [2.24, 2.45) is 5.41 Å². The Morgan fingerprint density at radius 2 is 2.00 bits per heavy atom. The summed E-state index contributed by atoms with van der Waals surface area (Å²) in [5.74, 6) is -1.70. The van der Waals surface area contributed by atoms with E-state index in [0.717, 1.165) is 37.8 Å². The largest absolute Gasteiger partial charge is 0.396 e. The molecule has 3 N–H and O–H groups in total. The van der Waals surface area contributed by atoms with Gasteiger partial charge in [0, 0.05) is 49.6 Å². The van der Waals surface area contributed by atoms with Crippen LogP contribution in [0.25, 0.3) is 5.52 Å². The lowest BCUT2D eigenvalue weighted by atomic mass is 9.69. The van der Waals surface area contributed by atoms with E-state index in [1.165, 1.54) is 28.1 Å². The van der Waals surface area contributed by atoms with E-state index in [4.69, 9.17) is 4.78 Å². The van der Waals surface area contributed by atoms with Crippen LogP contribution < -0.4 is 9.62 Å². The van der Waals surface area contributed by atoms with E-state index in [-0.39, 0.29) is 24.3 Å². The van der Waals surface area contributed by atoms with Gasteiger partial charge in [-0.1, -0.05) is 6.42 Å². The van der Waals surface area contributed by atoms with E-state index < -0.39 is 38.6 Å². The fraction of sp³-hybridized carbons (Fsp3) is 0.462. The number of benzene rings is 1. The van der Waals surface area contributed by atoms with Crippen LogP contribution in [0.3, 0.4) is 0 Å². The van der Waals surface area contributed by atoms with Crippen molar-refractivity contribution in [2.75, 3.05) is 31.6 Å². The summed E-state index contributed by atoms with van der Waals surface area (Å²) in [7, 11) is -2.17. The zero-order valence-electron chi connectivity index (χ0n) is 21.4. The number of hydrogen-bond acceptors (Lipinski definition) is 6. The topological polar surface area (TPSA) is 114 Å². The molecule has 1 aliphatic heterocycles. The van der Waals surface area contributed by atoms with Crippen LogP contribution in [0.5, 0.6) is 0 Å². The first-order chi connectivity index (χ1) is 18.0. The molecule has 2 fully saturated rings. The number of aliphatic hydroxyl groups is 1. The van der Waals surface area contributed by atoms with Crippen molar-refractivity contribution in [1.82, 2.24) is 18.6 Å². The highest BCUT2D eigenvalue weighted by atomic mass is 32.2. The van der Waals surface area contributed by atoms with Crippen molar-refractivity contribution >= 4 is 27.2 Å². The summed E-state index contributed by atoms with van der Waals surface area (Å²) in [4.78, 5) is 15.2. The van der Waals surface area contributed by atoms with Gasteiger partial charge in [0.1, 0.15) is 11.6 Å².